The number of phenols is 1. The van der Waals surface area contributed by atoms with Crippen LogP contribution in [0.2, 0.25) is 0 Å². The monoisotopic (exact) mass is 369 g/mol. The SMILES string of the molecule is CCCOC(=O)C1=C(C)NC2=C(C(=O)CC(C)(C)C2)[C@H]1c1cccc(O)c1. The van der Waals surface area contributed by atoms with Gasteiger partial charge in [-0.15, -0.1) is 0 Å². The van der Waals surface area contributed by atoms with Crippen molar-refractivity contribution in [2.45, 2.75) is 52.9 Å². The largest absolute Gasteiger partial charge is 0.508 e. The van der Waals surface area contributed by atoms with Gasteiger partial charge in [-0.3, -0.25) is 4.79 Å². The Morgan fingerprint density at radius 3 is 2.74 bits per heavy atom. The van der Waals surface area contributed by atoms with Crippen molar-refractivity contribution >= 4 is 11.8 Å². The molecule has 0 amide bonds. The third-order valence-electron chi connectivity index (χ3n) is 5.10. The van der Waals surface area contributed by atoms with Gasteiger partial charge < -0.3 is 15.2 Å². The number of Topliss-reactive ketones (excluding diaryl/α,β-unsaturated/α-hetero) is 1. The predicted molar refractivity (Wildman–Crippen MR) is 103 cm³/mol. The summed E-state index contributed by atoms with van der Waals surface area (Å²) >= 11 is 0. The zero-order valence-electron chi connectivity index (χ0n) is 16.4. The minimum Gasteiger partial charge on any atom is -0.508 e. The van der Waals surface area contributed by atoms with Crippen LogP contribution in [0.25, 0.3) is 0 Å². The highest BCUT2D eigenvalue weighted by molar-refractivity contribution is 6.04. The van der Waals surface area contributed by atoms with Gasteiger partial charge in [0.25, 0.3) is 0 Å². The number of aromatic hydroxyl groups is 1. The molecular formula is C22H27NO4. The van der Waals surface area contributed by atoms with Gasteiger partial charge in [0, 0.05) is 29.3 Å². The number of allylic oxidation sites excluding steroid dienone is 3. The maximum atomic E-state index is 13.1. The van der Waals surface area contributed by atoms with Gasteiger partial charge in [-0.05, 0) is 42.9 Å². The van der Waals surface area contributed by atoms with Crippen molar-refractivity contribution in [1.29, 1.82) is 0 Å². The summed E-state index contributed by atoms with van der Waals surface area (Å²) in [6, 6.07) is 6.77. The summed E-state index contributed by atoms with van der Waals surface area (Å²) in [6.07, 6.45) is 1.89. The Kier molecular flexibility index (Phi) is 5.13. The molecule has 1 aromatic carbocycles. The van der Waals surface area contributed by atoms with Crippen molar-refractivity contribution in [3.63, 3.8) is 0 Å². The van der Waals surface area contributed by atoms with Crippen LogP contribution in [0.4, 0.5) is 0 Å². The number of rotatable bonds is 4. The maximum Gasteiger partial charge on any atom is 0.336 e. The Morgan fingerprint density at radius 1 is 1.33 bits per heavy atom. The van der Waals surface area contributed by atoms with E-state index >= 15 is 0 Å². The molecule has 3 rings (SSSR count). The number of hydrogen-bond acceptors (Lipinski definition) is 5. The van der Waals surface area contributed by atoms with Crippen molar-refractivity contribution < 1.29 is 19.4 Å². The molecule has 1 aliphatic heterocycles. The number of benzene rings is 1. The number of hydrogen-bond donors (Lipinski definition) is 2. The smallest absolute Gasteiger partial charge is 0.336 e. The van der Waals surface area contributed by atoms with Gasteiger partial charge in [-0.2, -0.15) is 0 Å². The van der Waals surface area contributed by atoms with E-state index in [-0.39, 0.29) is 16.9 Å². The molecule has 1 atom stereocenters. The molecule has 1 aliphatic carbocycles. The van der Waals surface area contributed by atoms with Crippen molar-refractivity contribution in [3.8, 4) is 5.75 Å². The molecule has 27 heavy (non-hydrogen) atoms. The van der Waals surface area contributed by atoms with Gasteiger partial charge in [-0.1, -0.05) is 32.9 Å². The van der Waals surface area contributed by atoms with Crippen molar-refractivity contribution in [3.05, 3.63) is 52.4 Å². The molecule has 1 aromatic rings. The molecule has 0 spiro atoms. The van der Waals surface area contributed by atoms with Gasteiger partial charge >= 0.3 is 5.97 Å². The van der Waals surface area contributed by atoms with E-state index in [2.05, 4.69) is 19.2 Å². The summed E-state index contributed by atoms with van der Waals surface area (Å²) in [5.74, 6) is -0.799. The number of phenolic OH excluding ortho intramolecular Hbond substituents is 1. The molecule has 5 heteroatoms. The Bertz CT molecular complexity index is 848. The van der Waals surface area contributed by atoms with Crippen LogP contribution in [-0.2, 0) is 14.3 Å². The number of dihydropyridines is 1. The van der Waals surface area contributed by atoms with Crippen molar-refractivity contribution in [2.75, 3.05) is 6.61 Å². The first kappa shape index (κ1) is 19.2. The van der Waals surface area contributed by atoms with Crippen LogP contribution in [0, 0.1) is 5.41 Å². The molecule has 0 aromatic heterocycles. The molecule has 1 heterocycles. The number of carbonyl (C=O) groups excluding carboxylic acids is 2. The predicted octanol–water partition coefficient (Wildman–Crippen LogP) is 3.95. The van der Waals surface area contributed by atoms with Crippen LogP contribution >= 0.6 is 0 Å². The Hall–Kier alpha value is -2.56. The second-order valence-electron chi connectivity index (χ2n) is 8.16. The van der Waals surface area contributed by atoms with Crippen LogP contribution in [0.5, 0.6) is 5.75 Å². The standard InChI is InChI=1S/C22H27NO4/c1-5-9-27-21(26)18-13(2)23-16-11-22(3,4)12-17(25)20(16)19(18)14-7-6-8-15(24)10-14/h6-8,10,19,23-24H,5,9,11-12H2,1-4H3/t19-/m0/s1. The van der Waals surface area contributed by atoms with Crippen LogP contribution in [0.1, 0.15) is 58.4 Å². The zero-order chi connectivity index (χ0) is 19.8. The Labute approximate surface area is 160 Å². The molecule has 0 radical (unpaired) electrons. The van der Waals surface area contributed by atoms with Gasteiger partial charge in [0.05, 0.1) is 12.2 Å². The Morgan fingerprint density at radius 2 is 2.07 bits per heavy atom. The minimum absolute atomic E-state index is 0.0374. The molecule has 0 saturated carbocycles. The highest BCUT2D eigenvalue weighted by atomic mass is 16.5. The number of ketones is 1. The van der Waals surface area contributed by atoms with Crippen LogP contribution < -0.4 is 5.32 Å². The van der Waals surface area contributed by atoms with Crippen molar-refractivity contribution in [2.24, 2.45) is 5.41 Å². The maximum absolute atomic E-state index is 13.1. The lowest BCUT2D eigenvalue weighted by atomic mass is 9.68. The fraction of sp³-hybridized carbons (Fsp3) is 0.455. The highest BCUT2D eigenvalue weighted by Gasteiger charge is 2.43. The van der Waals surface area contributed by atoms with E-state index < -0.39 is 11.9 Å². The summed E-state index contributed by atoms with van der Waals surface area (Å²) in [5, 5.41) is 13.3. The first-order chi connectivity index (χ1) is 12.7. The van der Waals surface area contributed by atoms with E-state index in [0.29, 0.717) is 29.9 Å². The average molecular weight is 369 g/mol. The molecule has 0 fully saturated rings. The van der Waals surface area contributed by atoms with E-state index in [1.54, 1.807) is 18.2 Å². The average Bonchev–Trinajstić information content (AvgIpc) is 2.57. The summed E-state index contributed by atoms with van der Waals surface area (Å²) in [4.78, 5) is 25.9. The lowest BCUT2D eigenvalue weighted by Crippen LogP contribution is -2.38. The fourth-order valence-electron chi connectivity index (χ4n) is 4.02. The van der Waals surface area contributed by atoms with Gasteiger partial charge in [0.15, 0.2) is 5.78 Å². The van der Waals surface area contributed by atoms with Crippen LogP contribution in [0.3, 0.4) is 0 Å². The molecular weight excluding hydrogens is 342 g/mol. The number of esters is 1. The summed E-state index contributed by atoms with van der Waals surface area (Å²) in [6.45, 7) is 8.25. The van der Waals surface area contributed by atoms with Crippen LogP contribution in [0.15, 0.2) is 46.8 Å². The number of ether oxygens (including phenoxy) is 1. The quantitative estimate of drug-likeness (QED) is 0.786. The van der Waals surface area contributed by atoms with Crippen LogP contribution in [-0.4, -0.2) is 23.5 Å². The van der Waals surface area contributed by atoms with E-state index in [4.69, 9.17) is 4.74 Å². The zero-order valence-corrected chi connectivity index (χ0v) is 16.4. The third-order valence-corrected chi connectivity index (χ3v) is 5.10. The number of nitrogens with one attached hydrogen (secondary N) is 1. The molecule has 2 aliphatic rings. The van der Waals surface area contributed by atoms with Crippen molar-refractivity contribution in [1.82, 2.24) is 5.32 Å². The fourth-order valence-corrected chi connectivity index (χ4v) is 4.02. The van der Waals surface area contributed by atoms with E-state index in [1.807, 2.05) is 19.9 Å². The molecule has 0 saturated heterocycles. The van der Waals surface area contributed by atoms with Gasteiger partial charge in [-0.25, -0.2) is 4.79 Å². The lowest BCUT2D eigenvalue weighted by molar-refractivity contribution is -0.139. The highest BCUT2D eigenvalue weighted by Crippen LogP contribution is 2.47. The molecule has 0 bridgehead atoms. The second kappa shape index (κ2) is 7.22. The molecule has 144 valence electrons. The normalized spacial score (nSPS) is 21.6. The number of carbonyl (C=O) groups is 2. The van der Waals surface area contributed by atoms with E-state index in [1.165, 1.54) is 0 Å². The molecule has 5 nitrogen and oxygen atoms in total. The minimum atomic E-state index is -0.527. The third kappa shape index (κ3) is 3.77. The topological polar surface area (TPSA) is 75.6 Å². The first-order valence-corrected chi connectivity index (χ1v) is 9.43. The summed E-state index contributed by atoms with van der Waals surface area (Å²) < 4.78 is 5.41. The first-order valence-electron chi connectivity index (χ1n) is 9.43. The second-order valence-corrected chi connectivity index (χ2v) is 8.16. The Balaban J connectivity index is 2.14. The van der Waals surface area contributed by atoms with Gasteiger partial charge in [0.2, 0.25) is 0 Å². The summed E-state index contributed by atoms with van der Waals surface area (Å²) in [5.41, 5.74) is 3.23. The van der Waals surface area contributed by atoms with E-state index in [9.17, 15) is 14.7 Å². The lowest BCUT2D eigenvalue weighted by Gasteiger charge is -2.39. The summed E-state index contributed by atoms with van der Waals surface area (Å²) in [7, 11) is 0. The van der Waals surface area contributed by atoms with E-state index in [0.717, 1.165) is 24.1 Å². The molecule has 0 unspecified atom stereocenters. The van der Waals surface area contributed by atoms with Gasteiger partial charge in [0.1, 0.15) is 5.75 Å². The molecule has 2 N–H and O–H groups in total.